The summed E-state index contributed by atoms with van der Waals surface area (Å²) in [6.07, 6.45) is 4.47. The van der Waals surface area contributed by atoms with Gasteiger partial charge in [0.15, 0.2) is 0 Å². The van der Waals surface area contributed by atoms with Crippen LogP contribution < -0.4 is 10.2 Å². The van der Waals surface area contributed by atoms with Gasteiger partial charge >= 0.3 is 0 Å². The number of carbonyl (C=O) groups is 1. The third-order valence-electron chi connectivity index (χ3n) is 4.72. The molecule has 0 unspecified atom stereocenters. The van der Waals surface area contributed by atoms with Crippen molar-refractivity contribution in [2.24, 2.45) is 0 Å². The van der Waals surface area contributed by atoms with E-state index in [4.69, 9.17) is 0 Å². The van der Waals surface area contributed by atoms with Crippen molar-refractivity contribution in [1.29, 1.82) is 0 Å². The zero-order valence-electron chi connectivity index (χ0n) is 13.6. The highest BCUT2D eigenvalue weighted by atomic mass is 16.1. The number of aromatic nitrogens is 1. The number of anilines is 1. The van der Waals surface area contributed by atoms with Crippen molar-refractivity contribution in [3.05, 3.63) is 65.9 Å². The van der Waals surface area contributed by atoms with Crippen LogP contribution in [0.25, 0.3) is 10.9 Å². The van der Waals surface area contributed by atoms with E-state index >= 15 is 0 Å². The van der Waals surface area contributed by atoms with Gasteiger partial charge in [0.05, 0.1) is 0 Å². The van der Waals surface area contributed by atoms with Gasteiger partial charge in [-0.1, -0.05) is 18.2 Å². The highest BCUT2D eigenvalue weighted by Gasteiger charge is 2.13. The molecule has 0 bridgehead atoms. The normalized spacial score (nSPS) is 14.2. The molecule has 2 aromatic carbocycles. The molecule has 4 nitrogen and oxygen atoms in total. The summed E-state index contributed by atoms with van der Waals surface area (Å²) < 4.78 is 0. The molecule has 1 amide bonds. The summed E-state index contributed by atoms with van der Waals surface area (Å²) in [5.74, 6) is -0.0340. The number of fused-ring (bicyclic) bond motifs is 1. The number of aromatic amines is 1. The third-order valence-corrected chi connectivity index (χ3v) is 4.72. The first kappa shape index (κ1) is 14.8. The molecule has 1 aliphatic rings. The molecule has 1 saturated heterocycles. The maximum atomic E-state index is 12.4. The highest BCUT2D eigenvalue weighted by molar-refractivity contribution is 5.95. The largest absolute Gasteiger partial charge is 0.372 e. The van der Waals surface area contributed by atoms with E-state index in [1.807, 2.05) is 48.7 Å². The van der Waals surface area contributed by atoms with E-state index in [9.17, 15) is 4.79 Å². The smallest absolute Gasteiger partial charge is 0.251 e. The maximum absolute atomic E-state index is 12.4. The van der Waals surface area contributed by atoms with Gasteiger partial charge < -0.3 is 15.2 Å². The Morgan fingerprint density at radius 1 is 1.04 bits per heavy atom. The topological polar surface area (TPSA) is 48.1 Å². The van der Waals surface area contributed by atoms with E-state index in [0.29, 0.717) is 12.1 Å². The predicted molar refractivity (Wildman–Crippen MR) is 97.4 cm³/mol. The van der Waals surface area contributed by atoms with Crippen molar-refractivity contribution in [3.8, 4) is 0 Å². The molecular weight excluding hydrogens is 298 g/mol. The number of nitrogens with one attached hydrogen (secondary N) is 2. The molecule has 2 heterocycles. The number of amides is 1. The van der Waals surface area contributed by atoms with Gasteiger partial charge in [0.1, 0.15) is 0 Å². The molecular formula is C20H21N3O. The zero-order valence-corrected chi connectivity index (χ0v) is 13.6. The molecule has 2 N–H and O–H groups in total. The molecule has 0 aliphatic carbocycles. The van der Waals surface area contributed by atoms with Crippen molar-refractivity contribution in [2.75, 3.05) is 18.0 Å². The summed E-state index contributed by atoms with van der Waals surface area (Å²) in [5, 5.41) is 4.16. The van der Waals surface area contributed by atoms with Gasteiger partial charge in [-0.25, -0.2) is 0 Å². The molecule has 24 heavy (non-hydrogen) atoms. The number of rotatable bonds is 4. The van der Waals surface area contributed by atoms with Crippen LogP contribution in [0.15, 0.2) is 54.7 Å². The average molecular weight is 319 g/mol. The Hall–Kier alpha value is -2.75. The number of carbonyl (C=O) groups excluding carboxylic acids is 1. The minimum atomic E-state index is -0.0340. The standard InChI is InChI=1S/C20H21N3O/c24-20(15-7-9-17(10-8-15)23-11-3-4-12-23)22-14-16-13-21-19-6-2-1-5-18(16)19/h1-2,5-10,13,21H,3-4,11-12,14H2,(H,22,24). The Morgan fingerprint density at radius 2 is 1.79 bits per heavy atom. The van der Waals surface area contributed by atoms with E-state index in [1.54, 1.807) is 0 Å². The van der Waals surface area contributed by atoms with Crippen LogP contribution in [0.4, 0.5) is 5.69 Å². The lowest BCUT2D eigenvalue weighted by molar-refractivity contribution is 0.0951. The Bertz CT molecular complexity index is 845. The van der Waals surface area contributed by atoms with Gasteiger partial charge in [-0.05, 0) is 48.7 Å². The van der Waals surface area contributed by atoms with Crippen LogP contribution in [0.3, 0.4) is 0 Å². The van der Waals surface area contributed by atoms with E-state index in [0.717, 1.165) is 29.6 Å². The fourth-order valence-corrected chi connectivity index (χ4v) is 3.35. The molecule has 1 fully saturated rings. The molecule has 3 aromatic rings. The summed E-state index contributed by atoms with van der Waals surface area (Å²) >= 11 is 0. The van der Waals surface area contributed by atoms with Gasteiger partial charge in [0.25, 0.3) is 5.91 Å². The molecule has 0 spiro atoms. The number of H-pyrrole nitrogens is 1. The number of hydrogen-bond donors (Lipinski definition) is 2. The van der Waals surface area contributed by atoms with Crippen LogP contribution in [0.2, 0.25) is 0 Å². The van der Waals surface area contributed by atoms with Crippen molar-refractivity contribution in [2.45, 2.75) is 19.4 Å². The van der Waals surface area contributed by atoms with Crippen LogP contribution >= 0.6 is 0 Å². The number of nitrogens with zero attached hydrogens (tertiary/aromatic N) is 1. The quantitative estimate of drug-likeness (QED) is 0.770. The van der Waals surface area contributed by atoms with Crippen LogP contribution in [0.1, 0.15) is 28.8 Å². The molecule has 0 saturated carbocycles. The second-order valence-electron chi connectivity index (χ2n) is 6.28. The lowest BCUT2D eigenvalue weighted by Crippen LogP contribution is -2.23. The summed E-state index contributed by atoms with van der Waals surface area (Å²) in [7, 11) is 0. The fraction of sp³-hybridized carbons (Fsp3) is 0.250. The summed E-state index contributed by atoms with van der Waals surface area (Å²) in [6, 6.07) is 16.0. The second-order valence-corrected chi connectivity index (χ2v) is 6.28. The van der Waals surface area contributed by atoms with Crippen LogP contribution in [0.5, 0.6) is 0 Å². The van der Waals surface area contributed by atoms with Crippen LogP contribution in [-0.4, -0.2) is 24.0 Å². The predicted octanol–water partition coefficient (Wildman–Crippen LogP) is 3.70. The molecule has 0 atom stereocenters. The average Bonchev–Trinajstić information content (AvgIpc) is 3.30. The Kier molecular flexibility index (Phi) is 3.95. The van der Waals surface area contributed by atoms with E-state index < -0.39 is 0 Å². The zero-order chi connectivity index (χ0) is 16.4. The second kappa shape index (κ2) is 6.40. The lowest BCUT2D eigenvalue weighted by atomic mass is 10.1. The molecule has 122 valence electrons. The molecule has 0 radical (unpaired) electrons. The van der Waals surface area contributed by atoms with Gasteiger partial charge in [-0.3, -0.25) is 4.79 Å². The van der Waals surface area contributed by atoms with Crippen molar-refractivity contribution in [1.82, 2.24) is 10.3 Å². The molecule has 1 aromatic heterocycles. The van der Waals surface area contributed by atoms with Gasteiger partial charge in [-0.2, -0.15) is 0 Å². The first-order chi connectivity index (χ1) is 11.8. The lowest BCUT2D eigenvalue weighted by Gasteiger charge is -2.17. The Balaban J connectivity index is 1.42. The van der Waals surface area contributed by atoms with Gasteiger partial charge in [0, 0.05) is 48.0 Å². The maximum Gasteiger partial charge on any atom is 0.251 e. The first-order valence-electron chi connectivity index (χ1n) is 8.49. The number of para-hydroxylation sites is 1. The Labute approximate surface area is 141 Å². The third kappa shape index (κ3) is 2.87. The first-order valence-corrected chi connectivity index (χ1v) is 8.49. The molecule has 1 aliphatic heterocycles. The van der Waals surface area contributed by atoms with Crippen molar-refractivity contribution >= 4 is 22.5 Å². The van der Waals surface area contributed by atoms with E-state index in [2.05, 4.69) is 21.3 Å². The van der Waals surface area contributed by atoms with Crippen molar-refractivity contribution in [3.63, 3.8) is 0 Å². The number of benzene rings is 2. The van der Waals surface area contributed by atoms with Crippen LogP contribution in [0, 0.1) is 0 Å². The summed E-state index contributed by atoms with van der Waals surface area (Å²) in [5.41, 5.74) is 4.11. The van der Waals surface area contributed by atoms with Crippen molar-refractivity contribution < 1.29 is 4.79 Å². The van der Waals surface area contributed by atoms with Crippen LogP contribution in [-0.2, 0) is 6.54 Å². The number of hydrogen-bond acceptors (Lipinski definition) is 2. The Morgan fingerprint density at radius 3 is 2.58 bits per heavy atom. The fourth-order valence-electron chi connectivity index (χ4n) is 3.35. The van der Waals surface area contributed by atoms with Gasteiger partial charge in [-0.15, -0.1) is 0 Å². The van der Waals surface area contributed by atoms with E-state index in [-0.39, 0.29) is 5.91 Å². The summed E-state index contributed by atoms with van der Waals surface area (Å²) in [4.78, 5) is 18.0. The minimum absolute atomic E-state index is 0.0340. The van der Waals surface area contributed by atoms with Gasteiger partial charge in [0.2, 0.25) is 0 Å². The molecule has 4 heteroatoms. The summed E-state index contributed by atoms with van der Waals surface area (Å²) in [6.45, 7) is 2.76. The highest BCUT2D eigenvalue weighted by Crippen LogP contribution is 2.21. The minimum Gasteiger partial charge on any atom is -0.372 e. The molecule has 4 rings (SSSR count). The SMILES string of the molecule is O=C(NCc1c[nH]c2ccccc12)c1ccc(N2CCCC2)cc1. The monoisotopic (exact) mass is 319 g/mol. The van der Waals surface area contributed by atoms with E-state index in [1.165, 1.54) is 18.5 Å².